The first kappa shape index (κ1) is 12.2. The number of aromatic carboxylic acids is 1. The molecule has 1 rings (SSSR count). The summed E-state index contributed by atoms with van der Waals surface area (Å²) in [5.74, 6) is -1.28. The predicted molar refractivity (Wildman–Crippen MR) is 53.4 cm³/mol. The second-order valence-corrected chi connectivity index (χ2v) is 2.29. The Kier molecular flexibility index (Phi) is 5.06. The zero-order valence-corrected chi connectivity index (χ0v) is 8.42. The number of amides is 1. The standard InChI is InChI=1S/C7H8N2O3.C2H6/c1-4(10)9-5-2-6(7(11)12)8-3-5;1-2/h2-3,8H,1H3,(H,9,10)(H,11,12);1-2H3. The lowest BCUT2D eigenvalue weighted by atomic mass is 10.4. The van der Waals surface area contributed by atoms with Crippen LogP contribution in [0.15, 0.2) is 12.3 Å². The van der Waals surface area contributed by atoms with Crippen molar-refractivity contribution < 1.29 is 14.7 Å². The Morgan fingerprint density at radius 1 is 1.43 bits per heavy atom. The van der Waals surface area contributed by atoms with Crippen molar-refractivity contribution in [2.45, 2.75) is 20.8 Å². The van der Waals surface area contributed by atoms with E-state index < -0.39 is 5.97 Å². The van der Waals surface area contributed by atoms with E-state index in [1.165, 1.54) is 19.2 Å². The van der Waals surface area contributed by atoms with Crippen molar-refractivity contribution >= 4 is 17.6 Å². The third kappa shape index (κ3) is 3.75. The maximum Gasteiger partial charge on any atom is 0.352 e. The van der Waals surface area contributed by atoms with Gasteiger partial charge in [0.1, 0.15) is 5.69 Å². The van der Waals surface area contributed by atoms with Gasteiger partial charge in [0.15, 0.2) is 0 Å². The molecule has 0 atom stereocenters. The molecule has 1 amide bonds. The van der Waals surface area contributed by atoms with Crippen LogP contribution in [0.5, 0.6) is 0 Å². The van der Waals surface area contributed by atoms with E-state index in [1.54, 1.807) is 0 Å². The number of rotatable bonds is 2. The lowest BCUT2D eigenvalue weighted by Gasteiger charge is -1.93. The van der Waals surface area contributed by atoms with E-state index in [4.69, 9.17) is 5.11 Å². The third-order valence-corrected chi connectivity index (χ3v) is 1.23. The fourth-order valence-corrected chi connectivity index (χ4v) is 0.793. The van der Waals surface area contributed by atoms with Gasteiger partial charge in [-0.15, -0.1) is 0 Å². The average molecular weight is 198 g/mol. The van der Waals surface area contributed by atoms with Crippen molar-refractivity contribution in [1.29, 1.82) is 0 Å². The number of aromatic amines is 1. The zero-order chi connectivity index (χ0) is 11.1. The number of aromatic nitrogens is 1. The molecule has 0 bridgehead atoms. The van der Waals surface area contributed by atoms with Gasteiger partial charge in [-0.3, -0.25) is 4.79 Å². The molecule has 14 heavy (non-hydrogen) atoms. The van der Waals surface area contributed by atoms with Crippen LogP contribution in [-0.2, 0) is 4.79 Å². The number of H-pyrrole nitrogens is 1. The summed E-state index contributed by atoms with van der Waals surface area (Å²) in [5.41, 5.74) is 0.513. The summed E-state index contributed by atoms with van der Waals surface area (Å²) in [6.45, 7) is 5.35. The summed E-state index contributed by atoms with van der Waals surface area (Å²) >= 11 is 0. The predicted octanol–water partition coefficient (Wildman–Crippen LogP) is 1.70. The molecule has 0 aliphatic heterocycles. The fourth-order valence-electron chi connectivity index (χ4n) is 0.793. The van der Waals surface area contributed by atoms with Gasteiger partial charge in [0.2, 0.25) is 5.91 Å². The second kappa shape index (κ2) is 5.80. The zero-order valence-electron chi connectivity index (χ0n) is 8.42. The van der Waals surface area contributed by atoms with Gasteiger partial charge in [-0.05, 0) is 6.07 Å². The van der Waals surface area contributed by atoms with Gasteiger partial charge >= 0.3 is 5.97 Å². The highest BCUT2D eigenvalue weighted by atomic mass is 16.4. The van der Waals surface area contributed by atoms with Crippen LogP contribution in [0.3, 0.4) is 0 Å². The Hall–Kier alpha value is -1.78. The molecule has 0 radical (unpaired) electrons. The second-order valence-electron chi connectivity index (χ2n) is 2.29. The van der Waals surface area contributed by atoms with Crippen LogP contribution in [-0.4, -0.2) is 22.0 Å². The molecule has 0 aliphatic carbocycles. The molecule has 0 saturated heterocycles. The molecule has 0 spiro atoms. The number of carboxylic acids is 1. The van der Waals surface area contributed by atoms with Crippen molar-refractivity contribution in [2.75, 3.05) is 5.32 Å². The van der Waals surface area contributed by atoms with Crippen molar-refractivity contribution in [3.8, 4) is 0 Å². The van der Waals surface area contributed by atoms with Gasteiger partial charge in [0.25, 0.3) is 0 Å². The van der Waals surface area contributed by atoms with Gasteiger partial charge in [-0.2, -0.15) is 0 Å². The van der Waals surface area contributed by atoms with Crippen LogP contribution >= 0.6 is 0 Å². The molecule has 5 heteroatoms. The first-order valence-corrected chi connectivity index (χ1v) is 4.29. The third-order valence-electron chi connectivity index (χ3n) is 1.23. The van der Waals surface area contributed by atoms with Gasteiger partial charge in [0, 0.05) is 13.1 Å². The van der Waals surface area contributed by atoms with Crippen molar-refractivity contribution in [3.05, 3.63) is 18.0 Å². The molecule has 1 aromatic rings. The maximum atomic E-state index is 10.5. The first-order chi connectivity index (χ1) is 6.59. The van der Waals surface area contributed by atoms with E-state index >= 15 is 0 Å². The molecule has 0 aromatic carbocycles. The highest BCUT2D eigenvalue weighted by Gasteiger charge is 2.05. The van der Waals surface area contributed by atoms with Crippen LogP contribution in [0, 0.1) is 0 Å². The van der Waals surface area contributed by atoms with Gasteiger partial charge in [-0.1, -0.05) is 13.8 Å². The minimum Gasteiger partial charge on any atom is -0.477 e. The Morgan fingerprint density at radius 3 is 2.36 bits per heavy atom. The lowest BCUT2D eigenvalue weighted by molar-refractivity contribution is -0.114. The molecule has 0 aliphatic rings. The molecule has 0 fully saturated rings. The normalized spacial score (nSPS) is 8.50. The number of anilines is 1. The van der Waals surface area contributed by atoms with E-state index in [1.807, 2.05) is 13.8 Å². The summed E-state index contributed by atoms with van der Waals surface area (Å²) in [6, 6.07) is 1.35. The summed E-state index contributed by atoms with van der Waals surface area (Å²) in [6.07, 6.45) is 1.42. The minimum absolute atomic E-state index is 0.0544. The molecule has 5 nitrogen and oxygen atoms in total. The molecule has 0 unspecified atom stereocenters. The Labute approximate surface area is 82.1 Å². The molecule has 1 heterocycles. The summed E-state index contributed by atoms with van der Waals surface area (Å²) in [5, 5.41) is 10.9. The summed E-state index contributed by atoms with van der Waals surface area (Å²) in [4.78, 5) is 23.4. The van der Waals surface area contributed by atoms with Gasteiger partial charge in [0.05, 0.1) is 5.69 Å². The lowest BCUT2D eigenvalue weighted by Crippen LogP contribution is -2.04. The minimum atomic E-state index is -1.05. The number of carboxylic acid groups (broad SMARTS) is 1. The van der Waals surface area contributed by atoms with E-state index in [0.29, 0.717) is 5.69 Å². The summed E-state index contributed by atoms with van der Waals surface area (Å²) in [7, 11) is 0. The molecule has 78 valence electrons. The molecular weight excluding hydrogens is 184 g/mol. The van der Waals surface area contributed by atoms with E-state index in [0.717, 1.165) is 0 Å². The van der Waals surface area contributed by atoms with Crippen molar-refractivity contribution in [3.63, 3.8) is 0 Å². The number of hydrogen-bond donors (Lipinski definition) is 3. The smallest absolute Gasteiger partial charge is 0.352 e. The average Bonchev–Trinajstić information content (AvgIpc) is 2.55. The number of carbonyl (C=O) groups excluding carboxylic acids is 1. The van der Waals surface area contributed by atoms with E-state index in [9.17, 15) is 9.59 Å². The highest BCUT2D eigenvalue weighted by Crippen LogP contribution is 2.08. The monoisotopic (exact) mass is 198 g/mol. The highest BCUT2D eigenvalue weighted by molar-refractivity contribution is 5.92. The van der Waals surface area contributed by atoms with Crippen LogP contribution in [0.1, 0.15) is 31.3 Å². The largest absolute Gasteiger partial charge is 0.477 e. The quantitative estimate of drug-likeness (QED) is 0.676. The van der Waals surface area contributed by atoms with Crippen molar-refractivity contribution in [2.24, 2.45) is 0 Å². The van der Waals surface area contributed by atoms with Crippen LogP contribution in [0.4, 0.5) is 5.69 Å². The van der Waals surface area contributed by atoms with Gasteiger partial charge in [-0.25, -0.2) is 4.79 Å². The number of hydrogen-bond acceptors (Lipinski definition) is 2. The van der Waals surface area contributed by atoms with Crippen LogP contribution in [0.2, 0.25) is 0 Å². The Balaban J connectivity index is 0.000000791. The number of carbonyl (C=O) groups is 2. The first-order valence-electron chi connectivity index (χ1n) is 4.29. The Bertz CT molecular complexity index is 318. The van der Waals surface area contributed by atoms with E-state index in [-0.39, 0.29) is 11.6 Å². The van der Waals surface area contributed by atoms with E-state index in [2.05, 4.69) is 10.3 Å². The van der Waals surface area contributed by atoms with Gasteiger partial charge < -0.3 is 15.4 Å². The van der Waals surface area contributed by atoms with Crippen LogP contribution < -0.4 is 5.32 Å². The molecule has 1 aromatic heterocycles. The molecule has 0 saturated carbocycles. The van der Waals surface area contributed by atoms with Crippen molar-refractivity contribution in [1.82, 2.24) is 4.98 Å². The molecular formula is C9H14N2O3. The summed E-state index contributed by atoms with van der Waals surface area (Å²) < 4.78 is 0. The maximum absolute atomic E-state index is 10.5. The number of nitrogens with one attached hydrogen (secondary N) is 2. The topological polar surface area (TPSA) is 82.2 Å². The van der Waals surface area contributed by atoms with Crippen LogP contribution in [0.25, 0.3) is 0 Å². The molecule has 3 N–H and O–H groups in total. The Morgan fingerprint density at radius 2 is 2.00 bits per heavy atom. The SMILES string of the molecule is CC.CC(=O)Nc1c[nH]c(C(=O)O)c1. The fraction of sp³-hybridized carbons (Fsp3) is 0.333.